The highest BCUT2D eigenvalue weighted by molar-refractivity contribution is 5.60. The van der Waals surface area contributed by atoms with E-state index in [1.54, 1.807) is 30.5 Å². The highest BCUT2D eigenvalue weighted by atomic mass is 19.3. The lowest BCUT2D eigenvalue weighted by atomic mass is 10.2. The van der Waals surface area contributed by atoms with E-state index in [-0.39, 0.29) is 11.8 Å². The van der Waals surface area contributed by atoms with Crippen LogP contribution in [0.1, 0.15) is 18.7 Å². The number of methoxy groups -OCH3 is 1. The van der Waals surface area contributed by atoms with Gasteiger partial charge in [-0.25, -0.2) is 0 Å². The third-order valence-electron chi connectivity index (χ3n) is 2.74. The molecule has 0 saturated heterocycles. The second-order valence-corrected chi connectivity index (χ2v) is 4.12. The van der Waals surface area contributed by atoms with Crippen molar-refractivity contribution < 1.29 is 22.7 Å². The van der Waals surface area contributed by atoms with Gasteiger partial charge in [0.2, 0.25) is 0 Å². The molecule has 0 amide bonds. The van der Waals surface area contributed by atoms with Crippen LogP contribution < -0.4 is 14.8 Å². The van der Waals surface area contributed by atoms with Gasteiger partial charge in [0.1, 0.15) is 17.3 Å². The molecule has 4 nitrogen and oxygen atoms in total. The Hall–Kier alpha value is -2.24. The summed E-state index contributed by atoms with van der Waals surface area (Å²) in [5, 5.41) is 3.06. The van der Waals surface area contributed by atoms with Crippen LogP contribution >= 0.6 is 0 Å². The Balaban J connectivity index is 2.23. The summed E-state index contributed by atoms with van der Waals surface area (Å²) >= 11 is 0. The third-order valence-corrected chi connectivity index (χ3v) is 2.74. The fraction of sp³-hybridized carbons (Fsp3) is 0.286. The van der Waals surface area contributed by atoms with Crippen LogP contribution in [0.5, 0.6) is 11.5 Å². The molecule has 0 radical (unpaired) electrons. The minimum Gasteiger partial charge on any atom is -0.497 e. The Labute approximate surface area is 115 Å². The molecule has 0 bridgehead atoms. The van der Waals surface area contributed by atoms with Gasteiger partial charge >= 0.3 is 6.61 Å². The minimum absolute atomic E-state index is 0.0548. The predicted octanol–water partition coefficient (Wildman–Crippen LogP) is 4.06. The van der Waals surface area contributed by atoms with E-state index < -0.39 is 6.61 Å². The molecule has 1 aromatic heterocycles. The monoisotopic (exact) mass is 283 g/mol. The molecular weight excluding hydrogens is 268 g/mol. The van der Waals surface area contributed by atoms with Crippen molar-refractivity contribution in [1.29, 1.82) is 0 Å². The maximum Gasteiger partial charge on any atom is 0.387 e. The smallest absolute Gasteiger partial charge is 0.387 e. The number of benzene rings is 1. The average Bonchev–Trinajstić information content (AvgIpc) is 2.94. The van der Waals surface area contributed by atoms with E-state index in [9.17, 15) is 8.78 Å². The molecule has 0 aliphatic carbocycles. The van der Waals surface area contributed by atoms with E-state index in [4.69, 9.17) is 9.15 Å². The molecule has 6 heteroatoms. The lowest BCUT2D eigenvalue weighted by Crippen LogP contribution is -2.09. The van der Waals surface area contributed by atoms with Gasteiger partial charge in [0.25, 0.3) is 0 Å². The summed E-state index contributed by atoms with van der Waals surface area (Å²) in [5.41, 5.74) is 0.411. The van der Waals surface area contributed by atoms with Crippen LogP contribution in [0.2, 0.25) is 0 Å². The van der Waals surface area contributed by atoms with E-state index >= 15 is 0 Å². The molecule has 2 aromatic rings. The molecule has 1 N–H and O–H groups in total. The summed E-state index contributed by atoms with van der Waals surface area (Å²) in [7, 11) is 1.50. The second kappa shape index (κ2) is 6.27. The van der Waals surface area contributed by atoms with Crippen LogP contribution in [0.3, 0.4) is 0 Å². The Morgan fingerprint density at radius 2 is 2.05 bits per heavy atom. The zero-order valence-electron chi connectivity index (χ0n) is 11.1. The van der Waals surface area contributed by atoms with E-state index in [0.717, 1.165) is 0 Å². The molecule has 2 rings (SSSR count). The quantitative estimate of drug-likeness (QED) is 0.868. The van der Waals surface area contributed by atoms with Crippen LogP contribution in [0.4, 0.5) is 14.5 Å². The summed E-state index contributed by atoms with van der Waals surface area (Å²) in [6.45, 7) is -1.03. The van der Waals surface area contributed by atoms with E-state index in [0.29, 0.717) is 17.2 Å². The zero-order valence-corrected chi connectivity index (χ0v) is 11.1. The van der Waals surface area contributed by atoms with Gasteiger partial charge in [-0.1, -0.05) is 0 Å². The van der Waals surface area contributed by atoms with E-state index in [1.165, 1.54) is 13.2 Å². The molecule has 1 atom stereocenters. The summed E-state index contributed by atoms with van der Waals surface area (Å²) in [6, 6.07) is 7.94. The Morgan fingerprint density at radius 1 is 1.25 bits per heavy atom. The normalized spacial score (nSPS) is 12.2. The van der Waals surface area contributed by atoms with Crippen molar-refractivity contribution >= 4 is 5.69 Å². The Morgan fingerprint density at radius 3 is 2.65 bits per heavy atom. The van der Waals surface area contributed by atoms with Crippen molar-refractivity contribution in [3.8, 4) is 11.5 Å². The number of furan rings is 1. The van der Waals surface area contributed by atoms with Gasteiger partial charge in [-0.15, -0.1) is 0 Å². The molecule has 1 heterocycles. The van der Waals surface area contributed by atoms with Crippen molar-refractivity contribution in [2.75, 3.05) is 12.4 Å². The molecule has 0 spiro atoms. The number of alkyl halides is 2. The number of hydrogen-bond donors (Lipinski definition) is 1. The fourth-order valence-electron chi connectivity index (χ4n) is 1.79. The van der Waals surface area contributed by atoms with Gasteiger partial charge in [0, 0.05) is 6.07 Å². The van der Waals surface area contributed by atoms with Gasteiger partial charge in [-0.3, -0.25) is 0 Å². The third kappa shape index (κ3) is 3.40. The number of anilines is 1. The fourth-order valence-corrected chi connectivity index (χ4v) is 1.79. The molecule has 0 aliphatic heterocycles. The van der Waals surface area contributed by atoms with Crippen molar-refractivity contribution in [1.82, 2.24) is 0 Å². The maximum absolute atomic E-state index is 12.4. The van der Waals surface area contributed by atoms with E-state index in [1.807, 2.05) is 6.92 Å². The summed E-state index contributed by atoms with van der Waals surface area (Å²) in [4.78, 5) is 0. The van der Waals surface area contributed by atoms with E-state index in [2.05, 4.69) is 10.1 Å². The molecule has 108 valence electrons. The number of halogens is 2. The van der Waals surface area contributed by atoms with Gasteiger partial charge in [0.05, 0.1) is 25.1 Å². The van der Waals surface area contributed by atoms with Crippen LogP contribution in [-0.4, -0.2) is 13.7 Å². The minimum atomic E-state index is -2.89. The van der Waals surface area contributed by atoms with Crippen molar-refractivity contribution in [2.45, 2.75) is 19.6 Å². The number of rotatable bonds is 6. The van der Waals surface area contributed by atoms with Crippen molar-refractivity contribution in [3.63, 3.8) is 0 Å². The highest BCUT2D eigenvalue weighted by Crippen LogP contribution is 2.33. The largest absolute Gasteiger partial charge is 0.497 e. The maximum atomic E-state index is 12.4. The standard InChI is InChI=1S/C14H15F2NO3/c1-9(12-4-3-7-19-12)17-11-8-10(18-2)5-6-13(11)20-14(15)16/h3-9,14,17H,1-2H3. The first-order valence-electron chi connectivity index (χ1n) is 6.03. The lowest BCUT2D eigenvalue weighted by molar-refractivity contribution is -0.0494. The van der Waals surface area contributed by atoms with Gasteiger partial charge in [-0.05, 0) is 31.2 Å². The number of nitrogens with one attached hydrogen (secondary N) is 1. The highest BCUT2D eigenvalue weighted by Gasteiger charge is 2.15. The van der Waals surface area contributed by atoms with Crippen molar-refractivity contribution in [2.24, 2.45) is 0 Å². The van der Waals surface area contributed by atoms with Crippen LogP contribution in [-0.2, 0) is 0 Å². The number of ether oxygens (including phenoxy) is 2. The van der Waals surface area contributed by atoms with Crippen molar-refractivity contribution in [3.05, 3.63) is 42.4 Å². The van der Waals surface area contributed by atoms with Crippen LogP contribution in [0.25, 0.3) is 0 Å². The molecular formula is C14H15F2NO3. The van der Waals surface area contributed by atoms with Gasteiger partial charge < -0.3 is 19.2 Å². The zero-order chi connectivity index (χ0) is 14.5. The summed E-state index contributed by atoms with van der Waals surface area (Å²) in [5.74, 6) is 1.29. The molecule has 1 unspecified atom stereocenters. The van der Waals surface area contributed by atoms with Crippen LogP contribution in [0.15, 0.2) is 41.0 Å². The average molecular weight is 283 g/mol. The molecule has 0 fully saturated rings. The first kappa shape index (κ1) is 14.2. The molecule has 1 aromatic carbocycles. The van der Waals surface area contributed by atoms with Gasteiger partial charge in [0.15, 0.2) is 0 Å². The first-order valence-corrected chi connectivity index (χ1v) is 6.03. The summed E-state index contributed by atoms with van der Waals surface area (Å²) < 4.78 is 39.6. The lowest BCUT2D eigenvalue weighted by Gasteiger charge is -2.17. The molecule has 0 aliphatic rings. The molecule has 0 saturated carbocycles. The topological polar surface area (TPSA) is 43.6 Å². The SMILES string of the molecule is COc1ccc(OC(F)F)c(NC(C)c2ccco2)c1. The number of hydrogen-bond acceptors (Lipinski definition) is 4. The first-order chi connectivity index (χ1) is 9.60. The Bertz CT molecular complexity index is 543. The second-order valence-electron chi connectivity index (χ2n) is 4.12. The van der Waals surface area contributed by atoms with Crippen LogP contribution in [0, 0.1) is 0 Å². The Kier molecular flexibility index (Phi) is 4.45. The summed E-state index contributed by atoms with van der Waals surface area (Å²) in [6.07, 6.45) is 1.55. The molecule has 20 heavy (non-hydrogen) atoms. The predicted molar refractivity (Wildman–Crippen MR) is 70.4 cm³/mol. The van der Waals surface area contributed by atoms with Gasteiger partial charge in [-0.2, -0.15) is 8.78 Å².